The number of benzene rings is 2. The third kappa shape index (κ3) is 2.79. The molecule has 0 aliphatic carbocycles. The Morgan fingerprint density at radius 2 is 1.93 bits per heavy atom. The van der Waals surface area contributed by atoms with Gasteiger partial charge in [-0.1, -0.05) is 49.8 Å². The van der Waals surface area contributed by atoms with E-state index in [1.807, 2.05) is 24.3 Å². The van der Waals surface area contributed by atoms with Crippen molar-refractivity contribution >= 4 is 17.7 Å². The number of ether oxygens (including phenoxy) is 2. The van der Waals surface area contributed by atoms with Gasteiger partial charge in [-0.2, -0.15) is 0 Å². The van der Waals surface area contributed by atoms with Gasteiger partial charge in [0.2, 0.25) is 5.91 Å². The molecule has 29 heavy (non-hydrogen) atoms. The second kappa shape index (κ2) is 6.83. The van der Waals surface area contributed by atoms with Crippen molar-refractivity contribution in [3.05, 3.63) is 59.2 Å². The van der Waals surface area contributed by atoms with Gasteiger partial charge in [0, 0.05) is 29.6 Å². The number of fused-ring (bicyclic) bond motifs is 3. The monoisotopic (exact) mass is 392 g/mol. The fourth-order valence-electron chi connectivity index (χ4n) is 4.72. The first-order valence-corrected chi connectivity index (χ1v) is 9.94. The molecule has 4 rings (SSSR count). The Morgan fingerprint density at radius 1 is 1.14 bits per heavy atom. The van der Waals surface area contributed by atoms with Gasteiger partial charge in [-0.05, 0) is 30.7 Å². The summed E-state index contributed by atoms with van der Waals surface area (Å²) in [6.07, 6.45) is 4.62. The summed E-state index contributed by atoms with van der Waals surface area (Å²) in [4.78, 5) is 14.9. The van der Waals surface area contributed by atoms with Gasteiger partial charge in [-0.3, -0.25) is 4.79 Å². The maximum Gasteiger partial charge on any atom is 0.223 e. The highest BCUT2D eigenvalue weighted by atomic mass is 16.5. The van der Waals surface area contributed by atoms with Crippen molar-refractivity contribution in [2.45, 2.75) is 38.3 Å². The quantitative estimate of drug-likeness (QED) is 0.853. The molecule has 2 aromatic rings. The summed E-state index contributed by atoms with van der Waals surface area (Å²) in [7, 11) is 3.27. The van der Waals surface area contributed by atoms with Gasteiger partial charge in [0.05, 0.1) is 14.2 Å². The Labute approximate surface area is 172 Å². The Morgan fingerprint density at radius 3 is 2.66 bits per heavy atom. The first-order valence-electron chi connectivity index (χ1n) is 9.94. The third-order valence-electron chi connectivity index (χ3n) is 6.32. The van der Waals surface area contributed by atoms with Crippen molar-refractivity contribution < 1.29 is 14.3 Å². The molecule has 1 N–H and O–H groups in total. The summed E-state index contributed by atoms with van der Waals surface area (Å²) in [6, 6.07) is 12.3. The van der Waals surface area contributed by atoms with Gasteiger partial charge in [0.15, 0.2) is 11.5 Å². The number of hydrogen-bond acceptors (Lipinski definition) is 4. The molecule has 0 bridgehead atoms. The molecule has 2 heterocycles. The molecule has 5 heteroatoms. The molecule has 0 spiro atoms. The molecule has 1 amide bonds. The van der Waals surface area contributed by atoms with E-state index in [0.29, 0.717) is 24.5 Å². The van der Waals surface area contributed by atoms with Crippen LogP contribution >= 0.6 is 0 Å². The number of anilines is 1. The summed E-state index contributed by atoms with van der Waals surface area (Å²) >= 11 is 0. The second-order valence-corrected chi connectivity index (χ2v) is 8.28. The van der Waals surface area contributed by atoms with Crippen LogP contribution in [-0.4, -0.2) is 32.3 Å². The van der Waals surface area contributed by atoms with Crippen molar-refractivity contribution in [1.29, 1.82) is 0 Å². The number of carbonyl (C=O) groups excluding carboxylic acids is 1. The lowest BCUT2D eigenvalue weighted by Gasteiger charge is -2.49. The van der Waals surface area contributed by atoms with Crippen LogP contribution in [0.2, 0.25) is 0 Å². The second-order valence-electron chi connectivity index (χ2n) is 8.28. The Bertz CT molecular complexity index is 996. The van der Waals surface area contributed by atoms with Crippen molar-refractivity contribution in [2.75, 3.05) is 25.7 Å². The fourth-order valence-corrected chi connectivity index (χ4v) is 4.72. The molecular weight excluding hydrogens is 364 g/mol. The molecule has 5 nitrogen and oxygen atoms in total. The normalized spacial score (nSPS) is 22.2. The number of nitrogens with one attached hydrogen (secondary N) is 1. The van der Waals surface area contributed by atoms with E-state index in [1.165, 1.54) is 16.8 Å². The highest BCUT2D eigenvalue weighted by Gasteiger charge is 2.57. The van der Waals surface area contributed by atoms with E-state index in [2.05, 4.69) is 55.3 Å². The first-order chi connectivity index (χ1) is 13.8. The topological polar surface area (TPSA) is 50.8 Å². The molecule has 1 atom stereocenters. The molecule has 0 saturated carbocycles. The molecular formula is C24H28N2O3. The van der Waals surface area contributed by atoms with Crippen molar-refractivity contribution in [3.63, 3.8) is 0 Å². The standard InChI is InChI=1S/C24H28N2O3/c1-16-9-10-19-18(15-16)23(2,3)24(25-21(27)12-14-26(19)24)13-11-17-7-6-8-20(28-4)22(17)29-5/h6-11,13,15H,12,14H2,1-5H3,(H,25,27)/t24-/m0/s1. The summed E-state index contributed by atoms with van der Waals surface area (Å²) in [5, 5.41) is 3.31. The number of carbonyl (C=O) groups is 1. The van der Waals surface area contributed by atoms with Crippen LogP contribution in [0, 0.1) is 6.92 Å². The highest BCUT2D eigenvalue weighted by molar-refractivity contribution is 5.85. The molecule has 0 aromatic heterocycles. The van der Waals surface area contributed by atoms with Gasteiger partial charge in [0.1, 0.15) is 5.66 Å². The van der Waals surface area contributed by atoms with Gasteiger partial charge < -0.3 is 19.7 Å². The van der Waals surface area contributed by atoms with Crippen molar-refractivity contribution in [3.8, 4) is 11.5 Å². The SMILES string of the molecule is COc1cccc(C=C[C@]23NC(=O)CCN2c2ccc(C)cc2C3(C)C)c1OC. The average molecular weight is 392 g/mol. The summed E-state index contributed by atoms with van der Waals surface area (Å²) in [5.74, 6) is 1.43. The Kier molecular flexibility index (Phi) is 4.56. The minimum atomic E-state index is -0.646. The Hall–Kier alpha value is -2.95. The summed E-state index contributed by atoms with van der Waals surface area (Å²) in [5.41, 5.74) is 3.60. The summed E-state index contributed by atoms with van der Waals surface area (Å²) < 4.78 is 11.0. The van der Waals surface area contributed by atoms with Gasteiger partial charge in [-0.25, -0.2) is 0 Å². The largest absolute Gasteiger partial charge is 0.493 e. The van der Waals surface area contributed by atoms with Crippen LogP contribution in [0.1, 0.15) is 37.0 Å². The smallest absolute Gasteiger partial charge is 0.223 e. The molecule has 0 radical (unpaired) electrons. The van der Waals surface area contributed by atoms with E-state index in [9.17, 15) is 4.79 Å². The van der Waals surface area contributed by atoms with E-state index in [-0.39, 0.29) is 11.3 Å². The lowest BCUT2D eigenvalue weighted by Crippen LogP contribution is -2.68. The van der Waals surface area contributed by atoms with Crippen LogP contribution in [0.15, 0.2) is 42.5 Å². The van der Waals surface area contributed by atoms with Crippen LogP contribution in [0.25, 0.3) is 6.08 Å². The molecule has 1 fully saturated rings. The number of aryl methyl sites for hydroxylation is 1. The zero-order valence-corrected chi connectivity index (χ0v) is 17.7. The summed E-state index contributed by atoms with van der Waals surface area (Å²) in [6.45, 7) is 7.19. The number of nitrogens with zero attached hydrogens (tertiary/aromatic N) is 1. The van der Waals surface area contributed by atoms with Gasteiger partial charge >= 0.3 is 0 Å². The number of amides is 1. The van der Waals surface area contributed by atoms with Crippen LogP contribution in [0.5, 0.6) is 11.5 Å². The minimum absolute atomic E-state index is 0.0705. The molecule has 2 aliphatic heterocycles. The molecule has 2 aromatic carbocycles. The van der Waals surface area contributed by atoms with E-state index in [1.54, 1.807) is 14.2 Å². The maximum absolute atomic E-state index is 12.5. The lowest BCUT2D eigenvalue weighted by atomic mass is 9.74. The zero-order valence-electron chi connectivity index (χ0n) is 17.7. The van der Waals surface area contributed by atoms with Gasteiger partial charge in [-0.15, -0.1) is 0 Å². The maximum atomic E-state index is 12.5. The number of hydrogen-bond donors (Lipinski definition) is 1. The van der Waals surface area contributed by atoms with Crippen LogP contribution in [0.4, 0.5) is 5.69 Å². The molecule has 152 valence electrons. The number of methoxy groups -OCH3 is 2. The first kappa shape index (κ1) is 19.4. The molecule has 2 aliphatic rings. The zero-order chi connectivity index (χ0) is 20.8. The van der Waals surface area contributed by atoms with Crippen LogP contribution < -0.4 is 19.7 Å². The molecule has 1 saturated heterocycles. The van der Waals surface area contributed by atoms with Crippen molar-refractivity contribution in [1.82, 2.24) is 5.32 Å². The van der Waals surface area contributed by atoms with E-state index in [4.69, 9.17) is 9.47 Å². The average Bonchev–Trinajstić information content (AvgIpc) is 2.89. The fraction of sp³-hybridized carbons (Fsp3) is 0.375. The highest BCUT2D eigenvalue weighted by Crippen LogP contribution is 2.52. The van der Waals surface area contributed by atoms with E-state index < -0.39 is 5.66 Å². The minimum Gasteiger partial charge on any atom is -0.493 e. The van der Waals surface area contributed by atoms with Gasteiger partial charge in [0.25, 0.3) is 0 Å². The predicted molar refractivity (Wildman–Crippen MR) is 116 cm³/mol. The van der Waals surface area contributed by atoms with E-state index in [0.717, 1.165) is 5.56 Å². The van der Waals surface area contributed by atoms with Crippen LogP contribution in [0.3, 0.4) is 0 Å². The number of rotatable bonds is 4. The van der Waals surface area contributed by atoms with Crippen LogP contribution in [-0.2, 0) is 10.2 Å². The number of para-hydroxylation sites is 1. The lowest BCUT2D eigenvalue weighted by molar-refractivity contribution is -0.124. The van der Waals surface area contributed by atoms with Crippen molar-refractivity contribution in [2.24, 2.45) is 0 Å². The third-order valence-corrected chi connectivity index (χ3v) is 6.32. The van der Waals surface area contributed by atoms with E-state index >= 15 is 0 Å². The predicted octanol–water partition coefficient (Wildman–Crippen LogP) is 4.04. The Balaban J connectivity index is 1.86. The molecule has 0 unspecified atom stereocenters.